The molecule has 222 valence electrons. The molecule has 0 N–H and O–H groups in total. The number of hydrogen-bond donors (Lipinski definition) is 0. The quantitative estimate of drug-likeness (QED) is 0.175. The van der Waals surface area contributed by atoms with E-state index >= 15 is 0 Å². The average Bonchev–Trinajstić information content (AvgIpc) is 3.33. The van der Waals surface area contributed by atoms with Crippen LogP contribution in [0.1, 0.15) is 49.4 Å². The Balaban J connectivity index is 1.57. The van der Waals surface area contributed by atoms with Crippen LogP contribution in [0.25, 0.3) is 6.08 Å². The van der Waals surface area contributed by atoms with Crippen molar-refractivity contribution in [2.45, 2.75) is 39.3 Å². The summed E-state index contributed by atoms with van der Waals surface area (Å²) < 4.78 is 24.5. The van der Waals surface area contributed by atoms with Crippen molar-refractivity contribution in [3.8, 4) is 17.2 Å². The zero-order valence-electron chi connectivity index (χ0n) is 24.7. The summed E-state index contributed by atoms with van der Waals surface area (Å²) in [6.45, 7) is 4.62. The lowest BCUT2D eigenvalue weighted by atomic mass is 9.96. The molecule has 9 heteroatoms. The van der Waals surface area contributed by atoms with E-state index in [0.717, 1.165) is 35.3 Å². The van der Waals surface area contributed by atoms with Gasteiger partial charge in [0.25, 0.3) is 5.56 Å². The normalized spacial score (nSPS) is 14.6. The Labute approximate surface area is 254 Å². The van der Waals surface area contributed by atoms with Crippen LogP contribution >= 0.6 is 11.3 Å². The van der Waals surface area contributed by atoms with Crippen LogP contribution in [0, 0.1) is 0 Å². The number of benzene rings is 3. The fourth-order valence-corrected chi connectivity index (χ4v) is 5.92. The fourth-order valence-electron chi connectivity index (χ4n) is 4.87. The molecule has 0 saturated carbocycles. The van der Waals surface area contributed by atoms with Gasteiger partial charge < -0.3 is 18.9 Å². The van der Waals surface area contributed by atoms with Gasteiger partial charge in [-0.1, -0.05) is 73.2 Å². The molecule has 4 aromatic rings. The first kappa shape index (κ1) is 29.8. The Morgan fingerprint density at radius 2 is 1.74 bits per heavy atom. The third kappa shape index (κ3) is 6.57. The number of carbonyl (C=O) groups is 1. The number of ether oxygens (including phenoxy) is 4. The Hall–Kier alpha value is -4.63. The van der Waals surface area contributed by atoms with E-state index in [0.29, 0.717) is 38.7 Å². The lowest BCUT2D eigenvalue weighted by Crippen LogP contribution is -2.39. The highest BCUT2D eigenvalue weighted by atomic mass is 32.1. The van der Waals surface area contributed by atoms with Gasteiger partial charge in [0.05, 0.1) is 42.7 Å². The van der Waals surface area contributed by atoms with Crippen LogP contribution in [-0.4, -0.2) is 31.4 Å². The Kier molecular flexibility index (Phi) is 9.41. The van der Waals surface area contributed by atoms with E-state index in [1.54, 1.807) is 37.9 Å². The van der Waals surface area contributed by atoms with Gasteiger partial charge >= 0.3 is 5.97 Å². The minimum atomic E-state index is -0.725. The van der Waals surface area contributed by atoms with Crippen LogP contribution in [0.3, 0.4) is 0 Å². The van der Waals surface area contributed by atoms with Gasteiger partial charge in [-0.2, -0.15) is 0 Å². The van der Waals surface area contributed by atoms with Crippen LogP contribution < -0.4 is 29.1 Å². The number of unbranched alkanes of at least 4 members (excludes halogenated alkanes) is 1. The summed E-state index contributed by atoms with van der Waals surface area (Å²) in [4.78, 5) is 32.9. The van der Waals surface area contributed by atoms with Crippen molar-refractivity contribution in [1.29, 1.82) is 0 Å². The first-order valence-electron chi connectivity index (χ1n) is 14.1. The van der Waals surface area contributed by atoms with Gasteiger partial charge in [0, 0.05) is 0 Å². The molecular weight excluding hydrogens is 564 g/mol. The third-order valence-electron chi connectivity index (χ3n) is 7.12. The highest BCUT2D eigenvalue weighted by molar-refractivity contribution is 7.07. The first-order valence-corrected chi connectivity index (χ1v) is 14.9. The highest BCUT2D eigenvalue weighted by Gasteiger charge is 2.33. The van der Waals surface area contributed by atoms with Gasteiger partial charge in [0.2, 0.25) is 0 Å². The van der Waals surface area contributed by atoms with E-state index in [2.05, 4.69) is 6.92 Å². The molecule has 1 unspecified atom stereocenters. The number of fused-ring (bicyclic) bond motifs is 1. The molecule has 0 amide bonds. The van der Waals surface area contributed by atoms with Crippen molar-refractivity contribution < 1.29 is 23.7 Å². The van der Waals surface area contributed by atoms with Crippen molar-refractivity contribution in [3.63, 3.8) is 0 Å². The minimum absolute atomic E-state index is 0.108. The number of hydrogen-bond acceptors (Lipinski definition) is 8. The van der Waals surface area contributed by atoms with Crippen LogP contribution in [0.5, 0.6) is 17.2 Å². The summed E-state index contributed by atoms with van der Waals surface area (Å²) in [6, 6.07) is 21.7. The minimum Gasteiger partial charge on any atom is -0.494 e. The van der Waals surface area contributed by atoms with Crippen LogP contribution in [0.4, 0.5) is 0 Å². The number of methoxy groups -OCH3 is 2. The molecule has 2 heterocycles. The van der Waals surface area contributed by atoms with E-state index in [1.807, 2.05) is 66.7 Å². The molecule has 0 saturated heterocycles. The molecule has 43 heavy (non-hydrogen) atoms. The second-order valence-electron chi connectivity index (χ2n) is 10.0. The van der Waals surface area contributed by atoms with Gasteiger partial charge in [0.15, 0.2) is 16.3 Å². The van der Waals surface area contributed by atoms with Gasteiger partial charge in [-0.15, -0.1) is 0 Å². The SMILES string of the molecule is CCCCOc1ccc(C2C(C(=O)OCc3ccccc3)=C(C)N=c3s/c(=C\c4ccc(OC)c(OC)c4)c(=O)n32)cc1. The van der Waals surface area contributed by atoms with Crippen molar-refractivity contribution in [3.05, 3.63) is 120 Å². The number of rotatable bonds is 11. The lowest BCUT2D eigenvalue weighted by Gasteiger charge is -2.25. The summed E-state index contributed by atoms with van der Waals surface area (Å²) in [6.07, 6.45) is 3.78. The van der Waals surface area contributed by atoms with E-state index in [1.165, 1.54) is 11.3 Å². The molecule has 5 rings (SSSR count). The summed E-state index contributed by atoms with van der Waals surface area (Å²) in [5, 5.41) is 0. The Morgan fingerprint density at radius 1 is 1.00 bits per heavy atom. The van der Waals surface area contributed by atoms with Crippen molar-refractivity contribution in [2.75, 3.05) is 20.8 Å². The molecule has 1 atom stereocenters. The zero-order chi connectivity index (χ0) is 30.3. The van der Waals surface area contributed by atoms with Crippen LogP contribution in [-0.2, 0) is 16.1 Å². The molecule has 1 aliphatic rings. The first-order chi connectivity index (χ1) is 20.9. The number of nitrogens with zero attached hydrogens (tertiary/aromatic N) is 2. The van der Waals surface area contributed by atoms with Gasteiger partial charge in [-0.25, -0.2) is 9.79 Å². The number of aromatic nitrogens is 1. The smallest absolute Gasteiger partial charge is 0.338 e. The van der Waals surface area contributed by atoms with E-state index in [-0.39, 0.29) is 12.2 Å². The fraction of sp³-hybridized carbons (Fsp3) is 0.265. The Bertz CT molecular complexity index is 1810. The van der Waals surface area contributed by atoms with Crippen molar-refractivity contribution in [2.24, 2.45) is 4.99 Å². The van der Waals surface area contributed by atoms with Gasteiger partial charge in [0.1, 0.15) is 12.4 Å². The maximum absolute atomic E-state index is 14.0. The molecule has 0 radical (unpaired) electrons. The van der Waals surface area contributed by atoms with Crippen LogP contribution in [0.2, 0.25) is 0 Å². The standard InChI is InChI=1S/C34H34N2O6S/c1-5-6-18-41-26-15-13-25(14-16-26)31-30(33(38)42-21-23-10-8-7-9-11-23)22(2)35-34-36(31)32(37)29(43-34)20-24-12-17-27(39-3)28(19-24)40-4/h7-17,19-20,31H,5-6,18,21H2,1-4H3/b29-20-. The topological polar surface area (TPSA) is 88.4 Å². The second kappa shape index (κ2) is 13.6. The number of thiazole rings is 1. The molecule has 0 aliphatic carbocycles. The maximum atomic E-state index is 14.0. The molecule has 8 nitrogen and oxygen atoms in total. The second-order valence-corrected chi connectivity index (χ2v) is 11.0. The average molecular weight is 599 g/mol. The number of carbonyl (C=O) groups excluding carboxylic acids is 1. The number of esters is 1. The molecule has 0 fully saturated rings. The molecular formula is C34H34N2O6S. The lowest BCUT2D eigenvalue weighted by molar-refractivity contribution is -0.140. The zero-order valence-corrected chi connectivity index (χ0v) is 25.5. The third-order valence-corrected chi connectivity index (χ3v) is 8.11. The molecule has 3 aromatic carbocycles. The van der Waals surface area contributed by atoms with E-state index in [9.17, 15) is 9.59 Å². The molecule has 0 bridgehead atoms. The predicted molar refractivity (Wildman–Crippen MR) is 166 cm³/mol. The summed E-state index contributed by atoms with van der Waals surface area (Å²) in [5.41, 5.74) is 2.96. The summed E-state index contributed by atoms with van der Waals surface area (Å²) in [5.74, 6) is 1.36. The van der Waals surface area contributed by atoms with E-state index < -0.39 is 12.0 Å². The van der Waals surface area contributed by atoms with Crippen molar-refractivity contribution in [1.82, 2.24) is 4.57 Å². The Morgan fingerprint density at radius 3 is 2.44 bits per heavy atom. The molecule has 1 aliphatic heterocycles. The van der Waals surface area contributed by atoms with Crippen molar-refractivity contribution >= 4 is 23.4 Å². The maximum Gasteiger partial charge on any atom is 0.338 e. The molecule has 0 spiro atoms. The van der Waals surface area contributed by atoms with E-state index in [4.69, 9.17) is 23.9 Å². The van der Waals surface area contributed by atoms with Gasteiger partial charge in [-0.3, -0.25) is 9.36 Å². The monoisotopic (exact) mass is 598 g/mol. The predicted octanol–water partition coefficient (Wildman–Crippen LogP) is 5.17. The number of allylic oxidation sites excluding steroid dienone is 1. The summed E-state index contributed by atoms with van der Waals surface area (Å²) in [7, 11) is 3.14. The highest BCUT2D eigenvalue weighted by Crippen LogP contribution is 2.32. The largest absolute Gasteiger partial charge is 0.494 e. The van der Waals surface area contributed by atoms with Crippen LogP contribution in [0.15, 0.2) is 93.9 Å². The molecule has 1 aromatic heterocycles. The van der Waals surface area contributed by atoms with Gasteiger partial charge in [-0.05, 0) is 60.4 Å². The summed E-state index contributed by atoms with van der Waals surface area (Å²) >= 11 is 1.27.